The summed E-state index contributed by atoms with van der Waals surface area (Å²) >= 11 is 1.44. The third-order valence-electron chi connectivity index (χ3n) is 4.14. The van der Waals surface area contributed by atoms with E-state index in [0.29, 0.717) is 22.7 Å². The van der Waals surface area contributed by atoms with Crippen LogP contribution in [0.1, 0.15) is 38.9 Å². The number of rotatable bonds is 3. The molecule has 3 rings (SSSR count). The highest BCUT2D eigenvalue weighted by atomic mass is 32.1. The maximum Gasteiger partial charge on any atom is 0.268 e. The van der Waals surface area contributed by atoms with Crippen molar-refractivity contribution in [3.8, 4) is 0 Å². The minimum Gasteiger partial charge on any atom is -0.308 e. The van der Waals surface area contributed by atoms with Gasteiger partial charge in [-0.15, -0.1) is 11.3 Å². The van der Waals surface area contributed by atoms with Crippen LogP contribution in [0.25, 0.3) is 10.2 Å². The van der Waals surface area contributed by atoms with Gasteiger partial charge in [0, 0.05) is 6.04 Å². The second-order valence-corrected chi connectivity index (χ2v) is 6.88. The van der Waals surface area contributed by atoms with E-state index in [9.17, 15) is 4.79 Å². The predicted octanol–water partition coefficient (Wildman–Crippen LogP) is 2.65. The van der Waals surface area contributed by atoms with Gasteiger partial charge in [-0.1, -0.05) is 20.3 Å². The second kappa shape index (κ2) is 4.72. The number of thiophene rings is 1. The van der Waals surface area contributed by atoms with Crippen LogP contribution in [0.4, 0.5) is 0 Å². The summed E-state index contributed by atoms with van der Waals surface area (Å²) in [5.74, 6) is 0.735. The lowest BCUT2D eigenvalue weighted by Crippen LogP contribution is -2.37. The van der Waals surface area contributed by atoms with Crippen LogP contribution in [0.5, 0.6) is 0 Å². The maximum atomic E-state index is 11.9. The van der Waals surface area contributed by atoms with E-state index >= 15 is 0 Å². The fraction of sp³-hybridized carbons (Fsp3) is 0.571. The Morgan fingerprint density at radius 1 is 1.58 bits per heavy atom. The number of H-pyrrole nitrogens is 1. The zero-order chi connectivity index (χ0) is 13.5. The van der Waals surface area contributed by atoms with Crippen molar-refractivity contribution in [2.24, 2.45) is 5.41 Å². The summed E-state index contributed by atoms with van der Waals surface area (Å²) in [4.78, 5) is 19.2. The lowest BCUT2D eigenvalue weighted by Gasteiger charge is -2.27. The van der Waals surface area contributed by atoms with Gasteiger partial charge in [-0.3, -0.25) is 4.79 Å². The maximum absolute atomic E-state index is 11.9. The summed E-state index contributed by atoms with van der Waals surface area (Å²) in [5, 5.41) is 5.45. The Labute approximate surface area is 116 Å². The van der Waals surface area contributed by atoms with E-state index in [0.717, 1.165) is 11.3 Å². The highest BCUT2D eigenvalue weighted by molar-refractivity contribution is 7.17. The predicted molar refractivity (Wildman–Crippen MR) is 78.5 cm³/mol. The lowest BCUT2D eigenvalue weighted by molar-refractivity contribution is 0.281. The van der Waals surface area contributed by atoms with Gasteiger partial charge in [-0.25, -0.2) is 4.98 Å². The normalized spacial score (nSPS) is 22.1. The summed E-state index contributed by atoms with van der Waals surface area (Å²) in [7, 11) is 0. The molecule has 0 saturated heterocycles. The standard InChI is InChI=1S/C14H19N3OS/c1-14(2)6-3-4-10(14)15-8-11-16-9-5-7-19-12(9)13(18)17-11/h5,7,10,15H,3-4,6,8H2,1-2H3,(H,16,17,18). The number of nitrogens with zero attached hydrogens (tertiary/aromatic N) is 1. The van der Waals surface area contributed by atoms with Gasteiger partial charge >= 0.3 is 0 Å². The monoisotopic (exact) mass is 277 g/mol. The molecular formula is C14H19N3OS. The Morgan fingerprint density at radius 2 is 2.42 bits per heavy atom. The number of aromatic amines is 1. The van der Waals surface area contributed by atoms with Crippen molar-refractivity contribution in [2.45, 2.75) is 45.7 Å². The SMILES string of the molecule is CC1(C)CCCC1NCc1nc2ccsc2c(=O)[nH]1. The molecule has 1 saturated carbocycles. The third-order valence-corrected chi connectivity index (χ3v) is 5.04. The number of aromatic nitrogens is 2. The molecule has 2 N–H and O–H groups in total. The Hall–Kier alpha value is -1.20. The largest absolute Gasteiger partial charge is 0.308 e. The van der Waals surface area contributed by atoms with Crippen LogP contribution in [0.3, 0.4) is 0 Å². The Morgan fingerprint density at radius 3 is 3.16 bits per heavy atom. The van der Waals surface area contributed by atoms with Crippen LogP contribution in [-0.4, -0.2) is 16.0 Å². The average Bonchev–Trinajstić information content (AvgIpc) is 2.93. The first-order valence-electron chi connectivity index (χ1n) is 6.76. The van der Waals surface area contributed by atoms with Gasteiger partial charge in [-0.05, 0) is 29.7 Å². The van der Waals surface area contributed by atoms with Crippen LogP contribution in [0.15, 0.2) is 16.2 Å². The summed E-state index contributed by atoms with van der Waals surface area (Å²) in [5.41, 5.74) is 1.12. The molecule has 2 aromatic rings. The molecule has 1 aliphatic carbocycles. The molecule has 0 aromatic carbocycles. The highest BCUT2D eigenvalue weighted by Crippen LogP contribution is 2.37. The highest BCUT2D eigenvalue weighted by Gasteiger charge is 2.33. The second-order valence-electron chi connectivity index (χ2n) is 5.96. The number of fused-ring (bicyclic) bond motifs is 1. The lowest BCUT2D eigenvalue weighted by atomic mass is 9.87. The molecule has 4 nitrogen and oxygen atoms in total. The van der Waals surface area contributed by atoms with Gasteiger partial charge in [0.25, 0.3) is 5.56 Å². The summed E-state index contributed by atoms with van der Waals surface area (Å²) in [6, 6.07) is 2.41. The summed E-state index contributed by atoms with van der Waals surface area (Å²) in [6.45, 7) is 5.24. The van der Waals surface area contributed by atoms with Gasteiger partial charge in [-0.2, -0.15) is 0 Å². The molecule has 1 fully saturated rings. The molecule has 0 spiro atoms. The first-order valence-corrected chi connectivity index (χ1v) is 7.64. The van der Waals surface area contributed by atoms with Crippen LogP contribution in [0.2, 0.25) is 0 Å². The van der Waals surface area contributed by atoms with E-state index in [1.54, 1.807) is 0 Å². The minimum atomic E-state index is -0.0255. The quantitative estimate of drug-likeness (QED) is 0.907. The van der Waals surface area contributed by atoms with Gasteiger partial charge in [0.05, 0.1) is 12.1 Å². The van der Waals surface area contributed by atoms with Crippen molar-refractivity contribution in [2.75, 3.05) is 0 Å². The van der Waals surface area contributed by atoms with Gasteiger partial charge < -0.3 is 10.3 Å². The van der Waals surface area contributed by atoms with Gasteiger partial charge in [0.2, 0.25) is 0 Å². The molecule has 0 aliphatic heterocycles. The van der Waals surface area contributed by atoms with Gasteiger partial charge in [0.15, 0.2) is 0 Å². The molecule has 1 atom stereocenters. The molecular weight excluding hydrogens is 258 g/mol. The third kappa shape index (κ3) is 2.44. The van der Waals surface area contributed by atoms with E-state index in [2.05, 4.69) is 29.1 Å². The van der Waals surface area contributed by atoms with Crippen molar-refractivity contribution in [3.05, 3.63) is 27.6 Å². The van der Waals surface area contributed by atoms with E-state index < -0.39 is 0 Å². The van der Waals surface area contributed by atoms with Crippen molar-refractivity contribution in [1.82, 2.24) is 15.3 Å². The molecule has 0 bridgehead atoms. The molecule has 0 radical (unpaired) electrons. The van der Waals surface area contributed by atoms with E-state index in [1.807, 2.05) is 11.4 Å². The molecule has 102 valence electrons. The van der Waals surface area contributed by atoms with Crippen LogP contribution < -0.4 is 10.9 Å². The summed E-state index contributed by atoms with van der Waals surface area (Å²) in [6.07, 6.45) is 3.74. The van der Waals surface area contributed by atoms with Crippen molar-refractivity contribution in [3.63, 3.8) is 0 Å². The minimum absolute atomic E-state index is 0.0255. The van der Waals surface area contributed by atoms with E-state index in [-0.39, 0.29) is 5.56 Å². The fourth-order valence-corrected chi connectivity index (χ4v) is 3.66. The van der Waals surface area contributed by atoms with E-state index in [1.165, 1.54) is 30.6 Å². The molecule has 1 aliphatic rings. The molecule has 19 heavy (non-hydrogen) atoms. The molecule has 0 amide bonds. The first kappa shape index (κ1) is 12.8. The molecule has 1 unspecified atom stereocenters. The van der Waals surface area contributed by atoms with Crippen LogP contribution in [-0.2, 0) is 6.54 Å². The zero-order valence-electron chi connectivity index (χ0n) is 11.3. The Kier molecular flexibility index (Phi) is 3.19. The van der Waals surface area contributed by atoms with Crippen LogP contribution >= 0.6 is 11.3 Å². The van der Waals surface area contributed by atoms with Gasteiger partial charge in [0.1, 0.15) is 10.5 Å². The number of hydrogen-bond acceptors (Lipinski definition) is 4. The van der Waals surface area contributed by atoms with E-state index in [4.69, 9.17) is 0 Å². The Bertz CT molecular complexity index is 643. The first-order chi connectivity index (χ1) is 9.06. The van der Waals surface area contributed by atoms with Crippen molar-refractivity contribution >= 4 is 21.6 Å². The molecule has 5 heteroatoms. The molecule has 2 aromatic heterocycles. The van der Waals surface area contributed by atoms with Crippen LogP contribution in [0, 0.1) is 5.41 Å². The average molecular weight is 277 g/mol. The fourth-order valence-electron chi connectivity index (χ4n) is 2.93. The number of hydrogen-bond donors (Lipinski definition) is 2. The zero-order valence-corrected chi connectivity index (χ0v) is 12.1. The smallest absolute Gasteiger partial charge is 0.268 e. The molecule has 2 heterocycles. The topological polar surface area (TPSA) is 57.8 Å². The van der Waals surface area contributed by atoms with Crippen molar-refractivity contribution < 1.29 is 0 Å². The number of nitrogens with one attached hydrogen (secondary N) is 2. The summed E-state index contributed by atoms with van der Waals surface area (Å²) < 4.78 is 0.713. The van der Waals surface area contributed by atoms with Crippen molar-refractivity contribution in [1.29, 1.82) is 0 Å². The Balaban J connectivity index is 1.77.